The normalized spacial score (nSPS) is 19.5. The topological polar surface area (TPSA) is 34.0 Å². The first kappa shape index (κ1) is 12.6. The lowest BCUT2D eigenvalue weighted by Crippen LogP contribution is -2.36. The molecule has 0 N–H and O–H groups in total. The monoisotopic (exact) mass is 284 g/mol. The largest absolute Gasteiger partial charge is 0.354 e. The van der Waals surface area contributed by atoms with E-state index in [-0.39, 0.29) is 0 Å². The van der Waals surface area contributed by atoms with Crippen LogP contribution in [0.15, 0.2) is 30.6 Å². The third-order valence-corrected chi connectivity index (χ3v) is 4.32. The van der Waals surface area contributed by atoms with Crippen molar-refractivity contribution in [1.29, 1.82) is 0 Å². The number of halogens is 1. The summed E-state index contributed by atoms with van der Waals surface area (Å²) in [6.45, 7) is 1.33. The van der Waals surface area contributed by atoms with Crippen molar-refractivity contribution >= 4 is 27.8 Å². The second kappa shape index (κ2) is 4.69. The molecule has 1 fully saturated rings. The minimum Gasteiger partial charge on any atom is -0.354 e. The van der Waals surface area contributed by atoms with Crippen LogP contribution in [0.2, 0.25) is 0 Å². The number of hydrogen-bond donors (Lipinski definition) is 0. The predicted molar refractivity (Wildman–Crippen MR) is 82.4 cm³/mol. The van der Waals surface area contributed by atoms with Crippen LogP contribution >= 0.6 is 0 Å². The zero-order valence-corrected chi connectivity index (χ0v) is 12.0. The van der Waals surface area contributed by atoms with Gasteiger partial charge in [0.25, 0.3) is 0 Å². The van der Waals surface area contributed by atoms with Crippen LogP contribution in [0.3, 0.4) is 0 Å². The Kier molecular flexibility index (Phi) is 2.80. The standard InChI is InChI=1S/C16H17FN4/c1-20-14-6-7-18-9-13(14)12-4-5-15(19-16(12)20)21-8-2-3-11(17)10-21/h4-7,9,11H,2-3,8,10H2,1H3/t11-/m1/s1. The van der Waals surface area contributed by atoms with Gasteiger partial charge in [0.05, 0.1) is 12.1 Å². The number of aromatic nitrogens is 3. The van der Waals surface area contributed by atoms with E-state index in [4.69, 9.17) is 4.98 Å². The van der Waals surface area contributed by atoms with Gasteiger partial charge in [-0.25, -0.2) is 9.37 Å². The van der Waals surface area contributed by atoms with Gasteiger partial charge < -0.3 is 9.47 Å². The summed E-state index contributed by atoms with van der Waals surface area (Å²) < 4.78 is 15.7. The van der Waals surface area contributed by atoms with Crippen molar-refractivity contribution in [2.45, 2.75) is 19.0 Å². The number of pyridine rings is 2. The molecule has 0 radical (unpaired) electrons. The molecule has 3 aromatic rings. The van der Waals surface area contributed by atoms with Crippen LogP contribution in [0.1, 0.15) is 12.8 Å². The van der Waals surface area contributed by atoms with Crippen molar-refractivity contribution in [3.8, 4) is 0 Å². The predicted octanol–water partition coefficient (Wildman–Crippen LogP) is 3.06. The fourth-order valence-corrected chi connectivity index (χ4v) is 3.22. The van der Waals surface area contributed by atoms with E-state index in [1.807, 2.05) is 30.3 Å². The lowest BCUT2D eigenvalue weighted by Gasteiger charge is -2.29. The van der Waals surface area contributed by atoms with Gasteiger partial charge in [-0.1, -0.05) is 0 Å². The number of alkyl halides is 1. The molecule has 21 heavy (non-hydrogen) atoms. The first-order chi connectivity index (χ1) is 10.2. The van der Waals surface area contributed by atoms with Gasteiger partial charge in [-0.15, -0.1) is 0 Å². The van der Waals surface area contributed by atoms with E-state index >= 15 is 0 Å². The molecule has 1 aliphatic rings. The van der Waals surface area contributed by atoms with Crippen LogP contribution in [0, 0.1) is 0 Å². The van der Waals surface area contributed by atoms with E-state index in [1.165, 1.54) is 0 Å². The zero-order valence-electron chi connectivity index (χ0n) is 12.0. The summed E-state index contributed by atoms with van der Waals surface area (Å²) in [4.78, 5) is 11.0. The molecule has 3 aromatic heterocycles. The number of fused-ring (bicyclic) bond motifs is 3. The second-order valence-corrected chi connectivity index (χ2v) is 5.68. The number of aryl methyl sites for hydroxylation is 1. The summed E-state index contributed by atoms with van der Waals surface area (Å²) in [6, 6.07) is 6.06. The summed E-state index contributed by atoms with van der Waals surface area (Å²) in [5.74, 6) is 0.865. The molecule has 108 valence electrons. The molecule has 4 rings (SSSR count). The highest BCUT2D eigenvalue weighted by molar-refractivity contribution is 6.06. The molecule has 4 nitrogen and oxygen atoms in total. The number of anilines is 1. The highest BCUT2D eigenvalue weighted by Gasteiger charge is 2.21. The molecule has 4 heterocycles. The van der Waals surface area contributed by atoms with Crippen molar-refractivity contribution in [2.75, 3.05) is 18.0 Å². The summed E-state index contributed by atoms with van der Waals surface area (Å²) in [5.41, 5.74) is 2.04. The van der Waals surface area contributed by atoms with Crippen molar-refractivity contribution < 1.29 is 4.39 Å². The maximum atomic E-state index is 13.6. The third kappa shape index (κ3) is 1.95. The van der Waals surface area contributed by atoms with Crippen LogP contribution in [0.25, 0.3) is 21.9 Å². The lowest BCUT2D eigenvalue weighted by atomic mass is 10.1. The Bertz CT molecular complexity index is 810. The van der Waals surface area contributed by atoms with E-state index in [0.29, 0.717) is 13.0 Å². The molecule has 0 bridgehead atoms. The molecule has 1 saturated heterocycles. The zero-order chi connectivity index (χ0) is 14.4. The lowest BCUT2D eigenvalue weighted by molar-refractivity contribution is 0.286. The van der Waals surface area contributed by atoms with Gasteiger partial charge in [0.2, 0.25) is 0 Å². The number of hydrogen-bond acceptors (Lipinski definition) is 3. The first-order valence-electron chi connectivity index (χ1n) is 7.32. The van der Waals surface area contributed by atoms with Gasteiger partial charge in [0, 0.05) is 36.8 Å². The maximum absolute atomic E-state index is 13.6. The van der Waals surface area contributed by atoms with Gasteiger partial charge >= 0.3 is 0 Å². The number of piperidine rings is 1. The van der Waals surface area contributed by atoms with Gasteiger partial charge in [-0.3, -0.25) is 4.98 Å². The van der Waals surface area contributed by atoms with Crippen LogP contribution in [-0.2, 0) is 7.05 Å². The first-order valence-corrected chi connectivity index (χ1v) is 7.32. The smallest absolute Gasteiger partial charge is 0.143 e. The Morgan fingerprint density at radius 1 is 1.24 bits per heavy atom. The number of rotatable bonds is 1. The minimum absolute atomic E-state index is 0.448. The van der Waals surface area contributed by atoms with Gasteiger partial charge in [0.15, 0.2) is 0 Å². The van der Waals surface area contributed by atoms with E-state index < -0.39 is 6.17 Å². The minimum atomic E-state index is -0.743. The van der Waals surface area contributed by atoms with E-state index in [1.54, 1.807) is 6.20 Å². The van der Waals surface area contributed by atoms with Gasteiger partial charge in [-0.2, -0.15) is 0 Å². The SMILES string of the molecule is Cn1c2ccncc2c2ccc(N3CCC[C@@H](F)C3)nc21. The Morgan fingerprint density at radius 2 is 2.14 bits per heavy atom. The van der Waals surface area contributed by atoms with Crippen LogP contribution in [-0.4, -0.2) is 33.8 Å². The quantitative estimate of drug-likeness (QED) is 0.688. The van der Waals surface area contributed by atoms with Gasteiger partial charge in [-0.05, 0) is 31.0 Å². The molecular formula is C16H17FN4. The van der Waals surface area contributed by atoms with Crippen molar-refractivity contribution in [2.24, 2.45) is 7.05 Å². The molecule has 0 spiro atoms. The Labute approximate surface area is 122 Å². The van der Waals surface area contributed by atoms with E-state index in [9.17, 15) is 4.39 Å². The summed E-state index contributed by atoms with van der Waals surface area (Å²) in [5, 5.41) is 2.20. The molecule has 5 heteroatoms. The fraction of sp³-hybridized carbons (Fsp3) is 0.375. The molecule has 0 unspecified atom stereocenters. The van der Waals surface area contributed by atoms with Crippen LogP contribution in [0.4, 0.5) is 10.2 Å². The van der Waals surface area contributed by atoms with Crippen LogP contribution in [0.5, 0.6) is 0 Å². The third-order valence-electron chi connectivity index (χ3n) is 4.32. The van der Waals surface area contributed by atoms with E-state index in [2.05, 4.69) is 15.6 Å². The second-order valence-electron chi connectivity index (χ2n) is 5.68. The maximum Gasteiger partial charge on any atom is 0.143 e. The fourth-order valence-electron chi connectivity index (χ4n) is 3.22. The summed E-state index contributed by atoms with van der Waals surface area (Å²) in [7, 11) is 2.01. The molecule has 0 saturated carbocycles. The number of nitrogens with zero attached hydrogens (tertiary/aromatic N) is 4. The molecule has 0 amide bonds. The Hall–Kier alpha value is -2.17. The highest BCUT2D eigenvalue weighted by atomic mass is 19.1. The summed E-state index contributed by atoms with van der Waals surface area (Å²) in [6.07, 6.45) is 4.48. The molecule has 1 aliphatic heterocycles. The Balaban J connectivity index is 1.86. The average Bonchev–Trinajstić information content (AvgIpc) is 2.81. The Morgan fingerprint density at radius 3 is 3.00 bits per heavy atom. The van der Waals surface area contributed by atoms with E-state index in [0.717, 1.165) is 40.7 Å². The van der Waals surface area contributed by atoms with Crippen molar-refractivity contribution in [3.63, 3.8) is 0 Å². The van der Waals surface area contributed by atoms with Crippen LogP contribution < -0.4 is 4.90 Å². The van der Waals surface area contributed by atoms with Crippen molar-refractivity contribution in [1.82, 2.24) is 14.5 Å². The van der Waals surface area contributed by atoms with Gasteiger partial charge in [0.1, 0.15) is 17.6 Å². The highest BCUT2D eigenvalue weighted by Crippen LogP contribution is 2.29. The average molecular weight is 284 g/mol. The van der Waals surface area contributed by atoms with Crippen molar-refractivity contribution in [3.05, 3.63) is 30.6 Å². The summed E-state index contributed by atoms with van der Waals surface area (Å²) >= 11 is 0. The molecule has 0 aliphatic carbocycles. The molecule has 0 aromatic carbocycles. The molecule has 1 atom stereocenters. The molecular weight excluding hydrogens is 267 g/mol.